The molecule has 0 bridgehead atoms. The van der Waals surface area contributed by atoms with Gasteiger partial charge in [0.15, 0.2) is 5.84 Å². The summed E-state index contributed by atoms with van der Waals surface area (Å²) < 4.78 is 29.5. The predicted octanol–water partition coefficient (Wildman–Crippen LogP) is 2.06. The Balaban J connectivity index is 1.93. The minimum atomic E-state index is -2.55. The molecule has 0 aliphatic carbocycles. The molecular formula is C22H27N6O4S-. The van der Waals surface area contributed by atoms with Crippen molar-refractivity contribution in [3.8, 4) is 5.75 Å². The molecule has 1 unspecified atom stereocenters. The number of aromatic nitrogens is 1. The van der Waals surface area contributed by atoms with Crippen LogP contribution < -0.4 is 9.64 Å². The number of carbonyl (C=O) groups excluding carboxylic acids is 1. The van der Waals surface area contributed by atoms with Crippen molar-refractivity contribution in [2.45, 2.75) is 31.3 Å². The van der Waals surface area contributed by atoms with Crippen molar-refractivity contribution in [2.24, 2.45) is 0 Å². The van der Waals surface area contributed by atoms with E-state index in [-0.39, 0.29) is 28.9 Å². The summed E-state index contributed by atoms with van der Waals surface area (Å²) in [6.07, 6.45) is 1.06. The molecule has 1 aliphatic heterocycles. The number of carbonyl (C=O) groups is 1. The first kappa shape index (κ1) is 24.5. The van der Waals surface area contributed by atoms with Gasteiger partial charge in [-0.25, -0.2) is 4.98 Å². The molecule has 33 heavy (non-hydrogen) atoms. The molecule has 11 heteroatoms. The summed E-state index contributed by atoms with van der Waals surface area (Å²) in [4.78, 5) is 22.4. The lowest BCUT2D eigenvalue weighted by Crippen LogP contribution is -2.36. The highest BCUT2D eigenvalue weighted by molar-refractivity contribution is 7.79. The van der Waals surface area contributed by atoms with Crippen LogP contribution in [-0.4, -0.2) is 74.9 Å². The first-order chi connectivity index (χ1) is 15.6. The molecule has 2 aromatic rings. The third-order valence-electron chi connectivity index (χ3n) is 5.17. The summed E-state index contributed by atoms with van der Waals surface area (Å²) in [7, 11) is 3.80. The average Bonchev–Trinajstić information content (AvgIpc) is 3.09. The normalized spacial score (nSPS) is 13.9. The second kappa shape index (κ2) is 10.2. The Hall–Kier alpha value is -3.15. The number of hydrogen-bond donors (Lipinski definition) is 2. The average molecular weight is 472 g/mol. The number of nitrogens with one attached hydrogen (secondary N) is 2. The number of ether oxygens (including phenoxy) is 1. The van der Waals surface area contributed by atoms with E-state index in [1.165, 1.54) is 15.9 Å². The number of amides is 1. The zero-order chi connectivity index (χ0) is 24.3. The molecule has 1 aliphatic rings. The molecule has 1 aromatic heterocycles. The highest BCUT2D eigenvalue weighted by Crippen LogP contribution is 2.34. The third kappa shape index (κ3) is 5.27. The van der Waals surface area contributed by atoms with Crippen LogP contribution in [0.1, 0.15) is 35.5 Å². The van der Waals surface area contributed by atoms with E-state index < -0.39 is 17.0 Å². The van der Waals surface area contributed by atoms with E-state index in [1.807, 2.05) is 32.8 Å². The minimum Gasteiger partial charge on any atom is -0.768 e. The second-order valence-corrected chi connectivity index (χ2v) is 8.99. The Bertz CT molecular complexity index is 1100. The van der Waals surface area contributed by atoms with Crippen molar-refractivity contribution in [1.82, 2.24) is 14.8 Å². The second-order valence-electron chi connectivity index (χ2n) is 8.09. The minimum absolute atomic E-state index is 0.0156. The lowest BCUT2D eigenvalue weighted by molar-refractivity contribution is 0.0995. The molecule has 1 amide bonds. The number of fused-ring (bicyclic) bond motifs is 1. The number of pyridine rings is 1. The van der Waals surface area contributed by atoms with Gasteiger partial charge in [-0.2, -0.15) is 0 Å². The van der Waals surface area contributed by atoms with Crippen LogP contribution in [0.15, 0.2) is 35.2 Å². The molecule has 0 spiro atoms. The summed E-state index contributed by atoms with van der Waals surface area (Å²) >= 11 is -2.55. The quantitative estimate of drug-likeness (QED) is 0.324. The Morgan fingerprint density at radius 1 is 1.36 bits per heavy atom. The Labute approximate surface area is 195 Å². The fraction of sp³-hybridized carbons (Fsp3) is 0.364. The van der Waals surface area contributed by atoms with Crippen LogP contribution in [-0.2, 0) is 17.6 Å². The van der Waals surface area contributed by atoms with Gasteiger partial charge in [0.05, 0.1) is 12.9 Å². The molecule has 2 N–H and O–H groups in total. The van der Waals surface area contributed by atoms with Gasteiger partial charge in [-0.15, -0.1) is 0 Å². The predicted molar refractivity (Wildman–Crippen MR) is 125 cm³/mol. The van der Waals surface area contributed by atoms with E-state index in [4.69, 9.17) is 15.6 Å². The fourth-order valence-corrected chi connectivity index (χ4v) is 4.01. The van der Waals surface area contributed by atoms with E-state index in [0.29, 0.717) is 36.0 Å². The molecule has 2 heterocycles. The summed E-state index contributed by atoms with van der Waals surface area (Å²) in [5.41, 5.74) is 0.940. The molecule has 176 valence electrons. The van der Waals surface area contributed by atoms with Gasteiger partial charge in [0.25, 0.3) is 5.91 Å². The molecule has 0 fully saturated rings. The Kier molecular flexibility index (Phi) is 7.57. The van der Waals surface area contributed by atoms with Gasteiger partial charge in [-0.1, -0.05) is 6.07 Å². The molecule has 0 saturated carbocycles. The molecule has 3 rings (SSSR count). The van der Waals surface area contributed by atoms with E-state index in [1.54, 1.807) is 24.3 Å². The molecular weight excluding hydrogens is 444 g/mol. The number of anilines is 1. The topological polar surface area (TPSA) is 137 Å². The first-order valence-corrected chi connectivity index (χ1v) is 11.4. The van der Waals surface area contributed by atoms with Gasteiger partial charge in [0, 0.05) is 23.0 Å². The summed E-state index contributed by atoms with van der Waals surface area (Å²) in [6.45, 7) is 4.73. The molecule has 10 nitrogen and oxygen atoms in total. The van der Waals surface area contributed by atoms with Crippen LogP contribution in [0.4, 0.5) is 5.82 Å². The summed E-state index contributed by atoms with van der Waals surface area (Å²) in [6, 6.07) is 7.82. The molecule has 0 radical (unpaired) electrons. The number of benzene rings is 1. The maximum absolute atomic E-state index is 13.2. The van der Waals surface area contributed by atoms with E-state index >= 15 is 0 Å². The Morgan fingerprint density at radius 3 is 2.70 bits per heavy atom. The maximum Gasteiger partial charge on any atom is 0.260 e. The SMILES string of the molecule is CC(C)N(C=N)C(=N)c1cccc(N2Cc3c(cc(OCCN(C)C)cc3S(=O)[O-])C2=O)n1. The van der Waals surface area contributed by atoms with Crippen LogP contribution in [0, 0.1) is 10.8 Å². The van der Waals surface area contributed by atoms with Crippen molar-refractivity contribution in [3.05, 3.63) is 47.2 Å². The number of rotatable bonds is 9. The van der Waals surface area contributed by atoms with Crippen molar-refractivity contribution in [3.63, 3.8) is 0 Å². The number of likely N-dealkylation sites (N-methyl/N-ethyl adjacent to an activating group) is 1. The summed E-state index contributed by atoms with van der Waals surface area (Å²) in [5, 5.41) is 15.9. The van der Waals surface area contributed by atoms with Crippen molar-refractivity contribution in [2.75, 3.05) is 32.1 Å². The van der Waals surface area contributed by atoms with Gasteiger partial charge < -0.3 is 19.1 Å². The van der Waals surface area contributed by atoms with Crippen molar-refractivity contribution < 1.29 is 18.3 Å². The third-order valence-corrected chi connectivity index (χ3v) is 5.89. The molecule has 1 atom stereocenters. The van der Waals surface area contributed by atoms with E-state index in [9.17, 15) is 13.6 Å². The number of hydrogen-bond acceptors (Lipinski definition) is 8. The largest absolute Gasteiger partial charge is 0.768 e. The van der Waals surface area contributed by atoms with Gasteiger partial charge in [0.1, 0.15) is 23.9 Å². The summed E-state index contributed by atoms with van der Waals surface area (Å²) in [5.74, 6) is 0.250. The fourth-order valence-electron chi connectivity index (χ4n) is 3.42. The Morgan fingerprint density at radius 2 is 2.09 bits per heavy atom. The van der Waals surface area contributed by atoms with Gasteiger partial charge in [-0.05, 0) is 68.9 Å². The zero-order valence-electron chi connectivity index (χ0n) is 19.0. The van der Waals surface area contributed by atoms with Gasteiger partial charge in [-0.3, -0.25) is 24.7 Å². The monoisotopic (exact) mass is 471 g/mol. The standard InChI is InChI=1S/C22H28N6O4S/c1-14(2)28(13-23)21(24)18-6-5-7-20(25-18)27-12-17-16(22(27)29)10-15(11-19(17)33(30)31)32-9-8-26(3)4/h5-7,10-11,13-14,23-24H,8-9,12H2,1-4H3,(H,30,31)/p-1. The number of nitrogens with zero attached hydrogens (tertiary/aromatic N) is 4. The van der Waals surface area contributed by atoms with Crippen molar-refractivity contribution in [1.29, 1.82) is 10.8 Å². The van der Waals surface area contributed by atoms with Crippen molar-refractivity contribution >= 4 is 35.0 Å². The van der Waals surface area contributed by atoms with Crippen LogP contribution in [0.2, 0.25) is 0 Å². The van der Waals surface area contributed by atoms with E-state index in [2.05, 4.69) is 4.98 Å². The lowest BCUT2D eigenvalue weighted by Gasteiger charge is -2.24. The lowest BCUT2D eigenvalue weighted by atomic mass is 10.1. The van der Waals surface area contributed by atoms with Gasteiger partial charge >= 0.3 is 0 Å². The highest BCUT2D eigenvalue weighted by Gasteiger charge is 2.33. The van der Waals surface area contributed by atoms with Crippen LogP contribution in [0.25, 0.3) is 0 Å². The van der Waals surface area contributed by atoms with Crippen LogP contribution >= 0.6 is 0 Å². The first-order valence-electron chi connectivity index (χ1n) is 10.3. The van der Waals surface area contributed by atoms with Crippen LogP contribution in [0.3, 0.4) is 0 Å². The maximum atomic E-state index is 13.2. The number of amidine groups is 1. The smallest absolute Gasteiger partial charge is 0.260 e. The van der Waals surface area contributed by atoms with Gasteiger partial charge in [0.2, 0.25) is 0 Å². The molecule has 1 aromatic carbocycles. The van der Waals surface area contributed by atoms with E-state index in [0.717, 1.165) is 6.34 Å². The zero-order valence-corrected chi connectivity index (χ0v) is 19.8. The molecule has 0 saturated heterocycles. The highest BCUT2D eigenvalue weighted by atomic mass is 32.2. The van der Waals surface area contributed by atoms with Crippen LogP contribution in [0.5, 0.6) is 5.75 Å².